The van der Waals surface area contributed by atoms with Gasteiger partial charge < -0.3 is 4.98 Å². The van der Waals surface area contributed by atoms with E-state index >= 15 is 0 Å². The summed E-state index contributed by atoms with van der Waals surface area (Å²) in [5.41, 5.74) is 2.67. The number of nitrogens with one attached hydrogen (secondary N) is 1. The summed E-state index contributed by atoms with van der Waals surface area (Å²) in [6, 6.07) is 3.73. The fourth-order valence-corrected chi connectivity index (χ4v) is 4.25. The highest BCUT2D eigenvalue weighted by atomic mass is 32.2. The van der Waals surface area contributed by atoms with Crippen LogP contribution in [-0.2, 0) is 12.0 Å². The molecule has 0 aromatic carbocycles. The third-order valence-corrected chi connectivity index (χ3v) is 5.32. The van der Waals surface area contributed by atoms with Crippen molar-refractivity contribution in [1.82, 2.24) is 9.88 Å². The van der Waals surface area contributed by atoms with Crippen LogP contribution in [-0.4, -0.2) is 34.5 Å². The Morgan fingerprint density at radius 3 is 2.89 bits per heavy atom. The van der Waals surface area contributed by atoms with Crippen LogP contribution >= 0.6 is 11.8 Å². The molecule has 1 aromatic rings. The predicted octanol–water partition coefficient (Wildman–Crippen LogP) is 1.98. The molecule has 1 aliphatic heterocycles. The summed E-state index contributed by atoms with van der Waals surface area (Å²) in [5, 5.41) is 0. The first kappa shape index (κ1) is 12.3. The largest absolute Gasteiger partial charge is 0.326 e. The third-order valence-electron chi connectivity index (χ3n) is 4.38. The molecule has 18 heavy (non-hydrogen) atoms. The highest BCUT2D eigenvalue weighted by molar-refractivity contribution is 7.99. The predicted molar refractivity (Wildman–Crippen MR) is 76.3 cm³/mol. The lowest BCUT2D eigenvalue weighted by molar-refractivity contribution is 0.0948. The van der Waals surface area contributed by atoms with E-state index in [0.717, 1.165) is 12.1 Å². The summed E-state index contributed by atoms with van der Waals surface area (Å²) in [7, 11) is 0. The zero-order chi connectivity index (χ0) is 12.6. The molecule has 0 saturated carbocycles. The molecule has 1 aliphatic carbocycles. The minimum atomic E-state index is 0.0344. The number of pyridine rings is 1. The second-order valence-corrected chi connectivity index (χ2v) is 6.67. The molecule has 1 saturated heterocycles. The number of aromatic nitrogens is 1. The van der Waals surface area contributed by atoms with Crippen molar-refractivity contribution in [2.24, 2.45) is 0 Å². The van der Waals surface area contributed by atoms with Crippen molar-refractivity contribution in [3.63, 3.8) is 0 Å². The Morgan fingerprint density at radius 2 is 2.11 bits per heavy atom. The number of thioether (sulfide) groups is 1. The van der Waals surface area contributed by atoms with Crippen LogP contribution in [0, 0.1) is 0 Å². The van der Waals surface area contributed by atoms with E-state index in [1.165, 1.54) is 43.0 Å². The molecule has 1 aromatic heterocycles. The van der Waals surface area contributed by atoms with Crippen molar-refractivity contribution >= 4 is 11.8 Å². The minimum absolute atomic E-state index is 0.0344. The molecule has 0 amide bonds. The number of fused-ring (bicyclic) bond motifs is 1. The van der Waals surface area contributed by atoms with E-state index in [1.807, 2.05) is 11.8 Å². The number of hydrogen-bond acceptors (Lipinski definition) is 3. The molecule has 3 nitrogen and oxygen atoms in total. The normalized spacial score (nSPS) is 28.9. The lowest BCUT2D eigenvalue weighted by Crippen LogP contribution is -2.50. The number of rotatable bonds is 1. The van der Waals surface area contributed by atoms with E-state index in [9.17, 15) is 4.79 Å². The Kier molecular flexibility index (Phi) is 3.24. The van der Waals surface area contributed by atoms with Crippen LogP contribution < -0.4 is 5.56 Å². The minimum Gasteiger partial charge on any atom is -0.326 e. The van der Waals surface area contributed by atoms with Gasteiger partial charge in [0.2, 0.25) is 5.56 Å². The quantitative estimate of drug-likeness (QED) is 0.842. The van der Waals surface area contributed by atoms with Crippen molar-refractivity contribution < 1.29 is 0 Å². The van der Waals surface area contributed by atoms with Gasteiger partial charge in [-0.1, -0.05) is 0 Å². The molecule has 1 fully saturated rings. The second kappa shape index (κ2) is 4.74. The number of hydrogen-bond donors (Lipinski definition) is 1. The fourth-order valence-electron chi connectivity index (χ4n) is 3.35. The van der Waals surface area contributed by atoms with Crippen LogP contribution in [0.4, 0.5) is 0 Å². The van der Waals surface area contributed by atoms with E-state index in [4.69, 9.17) is 0 Å². The average Bonchev–Trinajstić information content (AvgIpc) is 2.40. The Labute approximate surface area is 112 Å². The van der Waals surface area contributed by atoms with Crippen LogP contribution in [0.1, 0.15) is 31.0 Å². The van der Waals surface area contributed by atoms with E-state index in [0.29, 0.717) is 0 Å². The summed E-state index contributed by atoms with van der Waals surface area (Å²) in [5.74, 6) is 2.46. The van der Waals surface area contributed by atoms with Crippen LogP contribution in [0.15, 0.2) is 16.9 Å². The Bertz CT molecular complexity index is 493. The van der Waals surface area contributed by atoms with Crippen LogP contribution in [0.5, 0.6) is 0 Å². The zero-order valence-corrected chi connectivity index (χ0v) is 11.7. The summed E-state index contributed by atoms with van der Waals surface area (Å²) in [6.07, 6.45) is 3.40. The van der Waals surface area contributed by atoms with Gasteiger partial charge in [-0.25, -0.2) is 0 Å². The van der Waals surface area contributed by atoms with E-state index in [1.54, 1.807) is 6.07 Å². The maximum atomic E-state index is 11.5. The third kappa shape index (κ3) is 2.01. The molecule has 2 aliphatic rings. The second-order valence-electron chi connectivity index (χ2n) is 5.44. The molecule has 0 radical (unpaired) electrons. The molecule has 4 heteroatoms. The molecule has 0 bridgehead atoms. The van der Waals surface area contributed by atoms with Crippen LogP contribution in [0.3, 0.4) is 0 Å². The molecule has 2 heterocycles. The Morgan fingerprint density at radius 1 is 1.33 bits per heavy atom. The maximum absolute atomic E-state index is 11.5. The molecule has 3 rings (SSSR count). The van der Waals surface area contributed by atoms with Crippen molar-refractivity contribution in [3.8, 4) is 0 Å². The van der Waals surface area contributed by atoms with Gasteiger partial charge in [0.1, 0.15) is 0 Å². The van der Waals surface area contributed by atoms with Gasteiger partial charge in [-0.3, -0.25) is 9.69 Å². The topological polar surface area (TPSA) is 36.1 Å². The SMILES string of the molecule is CC1(N2CCSCC2)CCCc2[nH]c(=O)ccc21. The summed E-state index contributed by atoms with van der Waals surface area (Å²) in [4.78, 5) is 17.1. The molecular weight excluding hydrogens is 244 g/mol. The number of nitrogens with zero attached hydrogens (tertiary/aromatic N) is 1. The smallest absolute Gasteiger partial charge is 0.248 e. The van der Waals surface area contributed by atoms with Gasteiger partial charge in [-0.05, 0) is 37.8 Å². The lowest BCUT2D eigenvalue weighted by Gasteiger charge is -2.46. The van der Waals surface area contributed by atoms with Crippen molar-refractivity contribution in [3.05, 3.63) is 33.7 Å². The standard InChI is InChI=1S/C14H20N2OS/c1-14(16-7-9-18-10-8-16)6-2-3-12-11(14)4-5-13(17)15-12/h4-5H,2-3,6-10H2,1H3,(H,15,17). The average molecular weight is 264 g/mol. The molecule has 1 N–H and O–H groups in total. The van der Waals surface area contributed by atoms with Gasteiger partial charge in [-0.2, -0.15) is 11.8 Å². The number of aryl methyl sites for hydroxylation is 1. The summed E-state index contributed by atoms with van der Waals surface area (Å²) < 4.78 is 0. The van der Waals surface area contributed by atoms with Crippen molar-refractivity contribution in [1.29, 1.82) is 0 Å². The number of aromatic amines is 1. The van der Waals surface area contributed by atoms with Gasteiger partial charge in [0.15, 0.2) is 0 Å². The molecular formula is C14H20N2OS. The molecule has 0 spiro atoms. The molecule has 98 valence electrons. The van der Waals surface area contributed by atoms with Crippen molar-refractivity contribution in [2.45, 2.75) is 31.7 Å². The fraction of sp³-hybridized carbons (Fsp3) is 0.643. The van der Waals surface area contributed by atoms with Crippen molar-refractivity contribution in [2.75, 3.05) is 24.6 Å². The highest BCUT2D eigenvalue weighted by Crippen LogP contribution is 2.39. The van der Waals surface area contributed by atoms with Gasteiger partial charge in [0.05, 0.1) is 0 Å². The van der Waals surface area contributed by atoms with E-state index < -0.39 is 0 Å². The van der Waals surface area contributed by atoms with Gasteiger partial charge in [0, 0.05) is 41.9 Å². The highest BCUT2D eigenvalue weighted by Gasteiger charge is 2.38. The molecule has 1 atom stereocenters. The number of H-pyrrole nitrogens is 1. The maximum Gasteiger partial charge on any atom is 0.248 e. The first-order valence-electron chi connectivity index (χ1n) is 6.76. The first-order valence-corrected chi connectivity index (χ1v) is 7.91. The first-order chi connectivity index (χ1) is 8.70. The lowest BCUT2D eigenvalue weighted by atomic mass is 9.78. The Hall–Kier alpha value is -0.740. The van der Waals surface area contributed by atoms with Gasteiger partial charge in [0.25, 0.3) is 0 Å². The van der Waals surface area contributed by atoms with Crippen LogP contribution in [0.2, 0.25) is 0 Å². The zero-order valence-electron chi connectivity index (χ0n) is 10.9. The van der Waals surface area contributed by atoms with Gasteiger partial charge in [-0.15, -0.1) is 0 Å². The van der Waals surface area contributed by atoms with Crippen LogP contribution in [0.25, 0.3) is 0 Å². The van der Waals surface area contributed by atoms with E-state index in [-0.39, 0.29) is 11.1 Å². The van der Waals surface area contributed by atoms with E-state index in [2.05, 4.69) is 22.9 Å². The van der Waals surface area contributed by atoms with Gasteiger partial charge >= 0.3 is 0 Å². The monoisotopic (exact) mass is 264 g/mol. The Balaban J connectivity index is 2.00. The molecule has 1 unspecified atom stereocenters. The summed E-state index contributed by atoms with van der Waals surface area (Å²) in [6.45, 7) is 4.68. The summed E-state index contributed by atoms with van der Waals surface area (Å²) >= 11 is 2.05.